The van der Waals surface area contributed by atoms with Crippen molar-refractivity contribution >= 4 is 22.0 Å². The molecule has 0 saturated heterocycles. The Morgan fingerprint density at radius 1 is 1.15 bits per heavy atom. The standard InChI is InChI=1S/C20H21BrN2O3/c1-19(2,3)10-24-13-5-7-17-15(9-13)20(11-25-18(22)23-20)14-8-12(21)4-6-16(14)26-17/h4-9H,10-11H2,1-3H3,(H2,22,23). The monoisotopic (exact) mass is 416 g/mol. The lowest BCUT2D eigenvalue weighted by Gasteiger charge is -2.33. The van der Waals surface area contributed by atoms with E-state index in [0.717, 1.165) is 32.8 Å². The van der Waals surface area contributed by atoms with Gasteiger partial charge in [0.15, 0.2) is 5.54 Å². The van der Waals surface area contributed by atoms with E-state index in [4.69, 9.17) is 19.9 Å². The Labute approximate surface area is 161 Å². The first kappa shape index (κ1) is 17.2. The molecule has 2 aliphatic heterocycles. The lowest BCUT2D eigenvalue weighted by molar-refractivity contribution is 0.197. The third-order valence-corrected chi connectivity index (χ3v) is 4.90. The largest absolute Gasteiger partial charge is 0.493 e. The maximum absolute atomic E-state index is 6.11. The molecule has 0 amide bonds. The summed E-state index contributed by atoms with van der Waals surface area (Å²) in [7, 11) is 0. The number of ether oxygens (including phenoxy) is 3. The molecule has 2 aromatic carbocycles. The van der Waals surface area contributed by atoms with Gasteiger partial charge in [0.1, 0.15) is 23.9 Å². The van der Waals surface area contributed by atoms with Crippen LogP contribution in [0.1, 0.15) is 31.9 Å². The summed E-state index contributed by atoms with van der Waals surface area (Å²) < 4.78 is 18.6. The second kappa shape index (κ2) is 5.91. The van der Waals surface area contributed by atoms with Gasteiger partial charge in [0, 0.05) is 15.6 Å². The van der Waals surface area contributed by atoms with Crippen LogP contribution in [0, 0.1) is 5.41 Å². The first-order chi connectivity index (χ1) is 12.3. The summed E-state index contributed by atoms with van der Waals surface area (Å²) in [5.41, 5.74) is 7.06. The molecule has 1 atom stereocenters. The summed E-state index contributed by atoms with van der Waals surface area (Å²) in [6, 6.07) is 11.9. The lowest BCUT2D eigenvalue weighted by Crippen LogP contribution is -2.31. The zero-order valence-corrected chi connectivity index (χ0v) is 16.6. The van der Waals surface area contributed by atoms with Crippen molar-refractivity contribution in [3.05, 3.63) is 52.0 Å². The summed E-state index contributed by atoms with van der Waals surface area (Å²) in [6.45, 7) is 7.36. The number of rotatable bonds is 2. The third-order valence-electron chi connectivity index (χ3n) is 4.41. The van der Waals surface area contributed by atoms with Crippen LogP contribution in [0.3, 0.4) is 0 Å². The van der Waals surface area contributed by atoms with Crippen LogP contribution in [0.2, 0.25) is 0 Å². The Morgan fingerprint density at radius 3 is 2.50 bits per heavy atom. The van der Waals surface area contributed by atoms with Crippen LogP contribution in [0.25, 0.3) is 0 Å². The molecule has 0 bridgehead atoms. The molecule has 0 aromatic heterocycles. The van der Waals surface area contributed by atoms with Crippen molar-refractivity contribution in [1.82, 2.24) is 0 Å². The molecule has 0 aliphatic carbocycles. The Bertz CT molecular complexity index is 904. The molecule has 1 spiro atoms. The number of nitrogens with zero attached hydrogens (tertiary/aromatic N) is 1. The van der Waals surface area contributed by atoms with Gasteiger partial charge in [-0.25, -0.2) is 4.99 Å². The van der Waals surface area contributed by atoms with Crippen molar-refractivity contribution in [2.24, 2.45) is 16.1 Å². The number of amidine groups is 1. The van der Waals surface area contributed by atoms with Crippen molar-refractivity contribution in [2.45, 2.75) is 26.3 Å². The molecule has 0 fully saturated rings. The van der Waals surface area contributed by atoms with Crippen LogP contribution in [0.15, 0.2) is 45.9 Å². The average Bonchev–Trinajstić information content (AvgIpc) is 2.96. The van der Waals surface area contributed by atoms with Crippen LogP contribution in [0.4, 0.5) is 0 Å². The van der Waals surface area contributed by atoms with Crippen LogP contribution < -0.4 is 15.2 Å². The van der Waals surface area contributed by atoms with Crippen molar-refractivity contribution in [3.8, 4) is 17.2 Å². The van der Waals surface area contributed by atoms with Gasteiger partial charge in [-0.2, -0.15) is 0 Å². The van der Waals surface area contributed by atoms with Crippen molar-refractivity contribution in [1.29, 1.82) is 0 Å². The van der Waals surface area contributed by atoms with Gasteiger partial charge in [0.25, 0.3) is 6.02 Å². The van der Waals surface area contributed by atoms with E-state index in [1.54, 1.807) is 0 Å². The van der Waals surface area contributed by atoms with E-state index in [9.17, 15) is 0 Å². The Morgan fingerprint density at radius 2 is 1.85 bits per heavy atom. The maximum atomic E-state index is 6.11. The number of fused-ring (bicyclic) bond motifs is 4. The Balaban J connectivity index is 1.83. The number of hydrogen-bond donors (Lipinski definition) is 1. The molecule has 0 saturated carbocycles. The van der Waals surface area contributed by atoms with Gasteiger partial charge in [-0.05, 0) is 41.8 Å². The third kappa shape index (κ3) is 2.92. The van der Waals surface area contributed by atoms with Gasteiger partial charge in [0.05, 0.1) is 6.61 Å². The lowest BCUT2D eigenvalue weighted by atomic mass is 9.81. The highest BCUT2D eigenvalue weighted by Gasteiger charge is 2.47. The zero-order chi connectivity index (χ0) is 18.5. The summed E-state index contributed by atoms with van der Waals surface area (Å²) in [6.07, 6.45) is 0. The van der Waals surface area contributed by atoms with E-state index in [0.29, 0.717) is 13.2 Å². The van der Waals surface area contributed by atoms with Gasteiger partial charge < -0.3 is 19.9 Å². The molecule has 1 unspecified atom stereocenters. The molecule has 2 aliphatic rings. The minimum absolute atomic E-state index is 0.0700. The Kier molecular flexibility index (Phi) is 3.91. The molecule has 6 heteroatoms. The molecule has 26 heavy (non-hydrogen) atoms. The minimum atomic E-state index is -0.724. The molecule has 0 radical (unpaired) electrons. The van der Waals surface area contributed by atoms with E-state index in [1.807, 2.05) is 36.4 Å². The van der Waals surface area contributed by atoms with Gasteiger partial charge in [-0.1, -0.05) is 36.7 Å². The van der Waals surface area contributed by atoms with E-state index in [1.165, 1.54) is 0 Å². The zero-order valence-electron chi connectivity index (χ0n) is 15.0. The van der Waals surface area contributed by atoms with Crippen LogP contribution in [-0.2, 0) is 10.3 Å². The molecule has 136 valence electrons. The molecule has 5 nitrogen and oxygen atoms in total. The normalized spacial score (nSPS) is 20.7. The number of nitrogens with two attached hydrogens (primary N) is 1. The maximum Gasteiger partial charge on any atom is 0.283 e. The molecule has 2 aromatic rings. The van der Waals surface area contributed by atoms with Gasteiger partial charge >= 0.3 is 0 Å². The number of halogens is 1. The van der Waals surface area contributed by atoms with Crippen molar-refractivity contribution < 1.29 is 14.2 Å². The van der Waals surface area contributed by atoms with Crippen LogP contribution in [-0.4, -0.2) is 19.2 Å². The average molecular weight is 417 g/mol. The SMILES string of the molecule is CC(C)(C)COc1ccc2c(c1)C1(COC(N)=N1)c1cc(Br)ccc1O2. The predicted octanol–water partition coefficient (Wildman–Crippen LogP) is 4.57. The van der Waals surface area contributed by atoms with Crippen LogP contribution in [0.5, 0.6) is 17.2 Å². The molecule has 2 N–H and O–H groups in total. The fourth-order valence-electron chi connectivity index (χ4n) is 3.20. The smallest absolute Gasteiger partial charge is 0.283 e. The molecular weight excluding hydrogens is 396 g/mol. The highest BCUT2D eigenvalue weighted by Crippen LogP contribution is 2.52. The predicted molar refractivity (Wildman–Crippen MR) is 104 cm³/mol. The van der Waals surface area contributed by atoms with E-state index in [2.05, 4.69) is 41.7 Å². The van der Waals surface area contributed by atoms with Gasteiger partial charge in [-0.3, -0.25) is 0 Å². The topological polar surface area (TPSA) is 66.1 Å². The number of aliphatic imine (C=N–C) groups is 1. The number of hydrogen-bond acceptors (Lipinski definition) is 5. The first-order valence-electron chi connectivity index (χ1n) is 8.50. The van der Waals surface area contributed by atoms with E-state index >= 15 is 0 Å². The first-order valence-corrected chi connectivity index (χ1v) is 9.29. The summed E-state index contributed by atoms with van der Waals surface area (Å²) >= 11 is 3.54. The van der Waals surface area contributed by atoms with Gasteiger partial charge in [-0.15, -0.1) is 0 Å². The highest BCUT2D eigenvalue weighted by atomic mass is 79.9. The second-order valence-electron chi connectivity index (χ2n) is 7.85. The van der Waals surface area contributed by atoms with Crippen molar-refractivity contribution in [2.75, 3.05) is 13.2 Å². The fraction of sp³-hybridized carbons (Fsp3) is 0.350. The van der Waals surface area contributed by atoms with E-state index in [-0.39, 0.29) is 11.4 Å². The highest BCUT2D eigenvalue weighted by molar-refractivity contribution is 9.10. The van der Waals surface area contributed by atoms with Crippen LogP contribution >= 0.6 is 15.9 Å². The summed E-state index contributed by atoms with van der Waals surface area (Å²) in [5.74, 6) is 2.27. The fourth-order valence-corrected chi connectivity index (χ4v) is 3.56. The Hall–Kier alpha value is -2.21. The second-order valence-corrected chi connectivity index (χ2v) is 8.76. The quantitative estimate of drug-likeness (QED) is 0.778. The molecule has 4 rings (SSSR count). The summed E-state index contributed by atoms with van der Waals surface area (Å²) in [5, 5.41) is 0. The summed E-state index contributed by atoms with van der Waals surface area (Å²) in [4.78, 5) is 4.67. The van der Waals surface area contributed by atoms with Crippen molar-refractivity contribution in [3.63, 3.8) is 0 Å². The molecule has 2 heterocycles. The molecular formula is C20H21BrN2O3. The van der Waals surface area contributed by atoms with E-state index < -0.39 is 5.54 Å². The number of benzene rings is 2. The van der Waals surface area contributed by atoms with Gasteiger partial charge in [0.2, 0.25) is 0 Å². The minimum Gasteiger partial charge on any atom is -0.493 e.